The summed E-state index contributed by atoms with van der Waals surface area (Å²) in [6.07, 6.45) is -0.156. The Morgan fingerprint density at radius 1 is 1.24 bits per heavy atom. The van der Waals surface area contributed by atoms with Crippen LogP contribution in [-0.2, 0) is 14.1 Å². The molecule has 1 aliphatic rings. The fraction of sp³-hybridized carbons (Fsp3) is 0.444. The molecule has 2 heterocycles. The van der Waals surface area contributed by atoms with Gasteiger partial charge in [0.25, 0.3) is 0 Å². The van der Waals surface area contributed by atoms with E-state index >= 15 is 0 Å². The van der Waals surface area contributed by atoms with E-state index < -0.39 is 30.1 Å². The molecule has 1 saturated heterocycles. The van der Waals surface area contributed by atoms with Gasteiger partial charge >= 0.3 is 13.1 Å². The molecule has 1 aromatic carbocycles. The Balaban J connectivity index is 2.05. The summed E-state index contributed by atoms with van der Waals surface area (Å²) in [7, 11) is -0.707. The molecule has 1 fully saturated rings. The average Bonchev–Trinajstić information content (AvgIpc) is 2.72. The number of fused-ring (bicyclic) bond motifs is 1. The van der Waals surface area contributed by atoms with Crippen molar-refractivity contribution >= 4 is 35.6 Å². The molecule has 1 N–H and O–H groups in total. The van der Waals surface area contributed by atoms with Gasteiger partial charge < -0.3 is 14.4 Å². The number of aromatic nitrogens is 1. The highest BCUT2D eigenvalue weighted by molar-refractivity contribution is 6.48. The van der Waals surface area contributed by atoms with Gasteiger partial charge in [-0.25, -0.2) is 4.98 Å². The molecular weight excluding hydrogens is 340 g/mol. The van der Waals surface area contributed by atoms with E-state index in [2.05, 4.69) is 4.98 Å². The molecular formula is C18H21BClNO4. The third kappa shape index (κ3) is 3.39. The van der Waals surface area contributed by atoms with Crippen molar-refractivity contribution in [2.24, 2.45) is 0 Å². The van der Waals surface area contributed by atoms with E-state index in [9.17, 15) is 9.90 Å². The Bertz CT molecular complexity index is 808. The van der Waals surface area contributed by atoms with Crippen LogP contribution >= 0.6 is 11.6 Å². The molecule has 1 aliphatic heterocycles. The molecule has 1 aromatic heterocycles. The minimum atomic E-state index is -0.941. The first kappa shape index (κ1) is 18.2. The van der Waals surface area contributed by atoms with Gasteiger partial charge in [0, 0.05) is 11.2 Å². The first-order valence-electron chi connectivity index (χ1n) is 8.23. The lowest BCUT2D eigenvalue weighted by atomic mass is 9.66. The molecule has 0 amide bonds. The van der Waals surface area contributed by atoms with Gasteiger partial charge in [-0.3, -0.25) is 4.79 Å². The third-order valence-corrected chi connectivity index (χ3v) is 5.40. The smallest absolute Gasteiger partial charge is 0.466 e. The maximum atomic E-state index is 11.5. The zero-order chi connectivity index (χ0) is 18.4. The first-order valence-corrected chi connectivity index (χ1v) is 8.61. The second kappa shape index (κ2) is 6.27. The number of carboxylic acid groups (broad SMARTS) is 1. The highest BCUT2D eigenvalue weighted by atomic mass is 35.5. The third-order valence-electron chi connectivity index (χ3n) is 5.10. The molecule has 25 heavy (non-hydrogen) atoms. The number of pyridine rings is 1. The van der Waals surface area contributed by atoms with Crippen LogP contribution in [0.25, 0.3) is 10.9 Å². The Hall–Kier alpha value is -1.63. The summed E-state index contributed by atoms with van der Waals surface area (Å²) < 4.78 is 12.2. The van der Waals surface area contributed by atoms with Gasteiger partial charge in [-0.2, -0.15) is 0 Å². The lowest BCUT2D eigenvalue weighted by molar-refractivity contribution is -0.137. The molecule has 0 bridgehead atoms. The van der Waals surface area contributed by atoms with Crippen molar-refractivity contribution in [2.45, 2.75) is 51.1 Å². The Morgan fingerprint density at radius 3 is 2.44 bits per heavy atom. The van der Waals surface area contributed by atoms with E-state index in [4.69, 9.17) is 20.9 Å². The van der Waals surface area contributed by atoms with Gasteiger partial charge in [0.15, 0.2) is 0 Å². The number of nitrogens with zero attached hydrogens (tertiary/aromatic N) is 1. The number of hydrogen-bond acceptors (Lipinski definition) is 4. The standard InChI is InChI=1S/C18H21BClNO4/c1-17(2)18(3,4)25-19(24-17)13(10-15(22)23)12-9-11-7-5-6-8-14(11)21-16(12)20/h5-9,13H,10H2,1-4H3,(H,22,23). The summed E-state index contributed by atoms with van der Waals surface area (Å²) >= 11 is 6.39. The summed E-state index contributed by atoms with van der Waals surface area (Å²) in [5.41, 5.74) is 0.289. The first-order chi connectivity index (χ1) is 11.6. The van der Waals surface area contributed by atoms with E-state index in [1.54, 1.807) is 0 Å². The van der Waals surface area contributed by atoms with Gasteiger partial charge in [0.05, 0.1) is 23.1 Å². The quantitative estimate of drug-likeness (QED) is 0.656. The highest BCUT2D eigenvalue weighted by Gasteiger charge is 2.54. The molecule has 1 unspecified atom stereocenters. The lowest BCUT2D eigenvalue weighted by Crippen LogP contribution is -2.41. The van der Waals surface area contributed by atoms with E-state index in [-0.39, 0.29) is 11.6 Å². The molecule has 1 atom stereocenters. The van der Waals surface area contributed by atoms with Crippen molar-refractivity contribution in [3.63, 3.8) is 0 Å². The van der Waals surface area contributed by atoms with Crippen LogP contribution in [0.5, 0.6) is 0 Å². The topological polar surface area (TPSA) is 68.7 Å². The number of hydrogen-bond donors (Lipinski definition) is 1. The largest absolute Gasteiger partial charge is 0.481 e. The second-order valence-electron chi connectivity index (χ2n) is 7.39. The summed E-state index contributed by atoms with van der Waals surface area (Å²) in [5.74, 6) is -1.49. The van der Waals surface area contributed by atoms with Crippen LogP contribution in [0, 0.1) is 0 Å². The fourth-order valence-corrected chi connectivity index (χ4v) is 3.25. The van der Waals surface area contributed by atoms with Crippen molar-refractivity contribution in [3.05, 3.63) is 41.0 Å². The molecule has 7 heteroatoms. The zero-order valence-corrected chi connectivity index (χ0v) is 15.5. The number of benzene rings is 1. The Kier molecular flexibility index (Phi) is 4.56. The average molecular weight is 362 g/mol. The van der Waals surface area contributed by atoms with Gasteiger partial charge in [-0.15, -0.1) is 0 Å². The van der Waals surface area contributed by atoms with Crippen LogP contribution in [-0.4, -0.2) is 34.4 Å². The van der Waals surface area contributed by atoms with E-state index in [0.717, 1.165) is 10.9 Å². The van der Waals surface area contributed by atoms with Crippen LogP contribution in [0.2, 0.25) is 5.15 Å². The number of rotatable bonds is 4. The van der Waals surface area contributed by atoms with Crippen molar-refractivity contribution in [1.29, 1.82) is 0 Å². The van der Waals surface area contributed by atoms with Crippen LogP contribution in [0.15, 0.2) is 30.3 Å². The van der Waals surface area contributed by atoms with E-state index in [0.29, 0.717) is 5.56 Å². The number of halogens is 1. The number of para-hydroxylation sites is 1. The van der Waals surface area contributed by atoms with Gasteiger partial charge in [0.1, 0.15) is 5.15 Å². The number of carbonyl (C=O) groups is 1. The summed E-state index contributed by atoms with van der Waals surface area (Å²) in [6, 6.07) is 9.45. The summed E-state index contributed by atoms with van der Waals surface area (Å²) in [6.45, 7) is 7.74. The minimum absolute atomic E-state index is 0.156. The van der Waals surface area contributed by atoms with Crippen LogP contribution in [0.4, 0.5) is 0 Å². The fourth-order valence-electron chi connectivity index (χ4n) is 2.96. The predicted molar refractivity (Wildman–Crippen MR) is 97.8 cm³/mol. The van der Waals surface area contributed by atoms with Crippen molar-refractivity contribution < 1.29 is 19.2 Å². The maximum absolute atomic E-state index is 11.5. The summed E-state index contributed by atoms with van der Waals surface area (Å²) in [4.78, 5) is 15.9. The maximum Gasteiger partial charge on any atom is 0.466 e. The molecule has 0 radical (unpaired) electrons. The van der Waals surface area contributed by atoms with Crippen LogP contribution in [0.3, 0.4) is 0 Å². The SMILES string of the molecule is CC1(C)OB(C(CC(=O)O)c2cc3ccccc3nc2Cl)OC1(C)C. The van der Waals surface area contributed by atoms with E-state index in [1.165, 1.54) is 0 Å². The molecule has 0 saturated carbocycles. The van der Waals surface area contributed by atoms with Gasteiger partial charge in [-0.1, -0.05) is 29.8 Å². The van der Waals surface area contributed by atoms with Crippen LogP contribution in [0.1, 0.15) is 45.5 Å². The van der Waals surface area contributed by atoms with Gasteiger partial charge in [0.2, 0.25) is 0 Å². The minimum Gasteiger partial charge on any atom is -0.481 e. The molecule has 2 aromatic rings. The summed E-state index contributed by atoms with van der Waals surface area (Å²) in [5, 5.41) is 10.6. The highest BCUT2D eigenvalue weighted by Crippen LogP contribution is 2.43. The Morgan fingerprint density at radius 2 is 1.84 bits per heavy atom. The Labute approximate surface area is 152 Å². The number of aliphatic carboxylic acids is 1. The van der Waals surface area contributed by atoms with Crippen molar-refractivity contribution in [2.75, 3.05) is 0 Å². The molecule has 0 aliphatic carbocycles. The second-order valence-corrected chi connectivity index (χ2v) is 7.75. The lowest BCUT2D eigenvalue weighted by Gasteiger charge is -2.32. The van der Waals surface area contributed by atoms with Crippen molar-refractivity contribution in [1.82, 2.24) is 4.98 Å². The number of carboxylic acids is 1. The monoisotopic (exact) mass is 361 g/mol. The molecule has 5 nitrogen and oxygen atoms in total. The predicted octanol–water partition coefficient (Wildman–Crippen LogP) is 4.08. The normalized spacial score (nSPS) is 20.0. The van der Waals surface area contributed by atoms with Crippen LogP contribution < -0.4 is 0 Å². The van der Waals surface area contributed by atoms with Gasteiger partial charge in [-0.05, 0) is 45.4 Å². The van der Waals surface area contributed by atoms with E-state index in [1.807, 2.05) is 58.0 Å². The molecule has 132 valence electrons. The zero-order valence-electron chi connectivity index (χ0n) is 14.7. The molecule has 0 spiro atoms. The van der Waals surface area contributed by atoms with Crippen molar-refractivity contribution in [3.8, 4) is 0 Å². The molecule has 3 rings (SSSR count).